The Morgan fingerprint density at radius 1 is 1.38 bits per heavy atom. The van der Waals surface area contributed by atoms with Gasteiger partial charge in [-0.2, -0.15) is 0 Å². The summed E-state index contributed by atoms with van der Waals surface area (Å²) in [5.41, 5.74) is 10.6. The number of hydrogen-bond acceptors (Lipinski definition) is 6. The van der Waals surface area contributed by atoms with Crippen LogP contribution in [0, 0.1) is 20.8 Å². The monoisotopic (exact) mass is 306 g/mol. The number of hydrogen-bond donors (Lipinski definition) is 2. The van der Waals surface area contributed by atoms with Crippen molar-refractivity contribution in [1.29, 1.82) is 0 Å². The normalized spacial score (nSPS) is 11.7. The van der Waals surface area contributed by atoms with Gasteiger partial charge >= 0.3 is 0 Å². The molecule has 0 spiro atoms. The lowest BCUT2D eigenvalue weighted by Crippen LogP contribution is -2.18. The lowest BCUT2D eigenvalue weighted by atomic mass is 10.1. The van der Waals surface area contributed by atoms with Crippen molar-refractivity contribution in [2.75, 3.05) is 6.61 Å². The Labute approximate surface area is 127 Å². The average molecular weight is 306 g/mol. The molecule has 0 radical (unpaired) electrons. The van der Waals surface area contributed by atoms with Crippen molar-refractivity contribution in [2.24, 2.45) is 10.9 Å². The number of amidine groups is 1. The molecule has 6 nitrogen and oxygen atoms in total. The Morgan fingerprint density at radius 3 is 2.76 bits per heavy atom. The Morgan fingerprint density at radius 2 is 2.14 bits per heavy atom. The Kier molecular flexibility index (Phi) is 4.74. The largest absolute Gasteiger partial charge is 0.492 e. The van der Waals surface area contributed by atoms with E-state index in [-0.39, 0.29) is 5.84 Å². The SMILES string of the molecule is Cc1cc(OCCc2scnc2C)c(/C(N)=N/O)c(C)n1. The molecule has 0 unspecified atom stereocenters. The molecular formula is C14H18N4O2S. The van der Waals surface area contributed by atoms with Gasteiger partial charge in [0.2, 0.25) is 0 Å². The van der Waals surface area contributed by atoms with Crippen molar-refractivity contribution in [1.82, 2.24) is 9.97 Å². The van der Waals surface area contributed by atoms with Crippen molar-refractivity contribution in [3.8, 4) is 5.75 Å². The van der Waals surface area contributed by atoms with E-state index in [0.29, 0.717) is 23.6 Å². The van der Waals surface area contributed by atoms with E-state index < -0.39 is 0 Å². The Bertz CT molecular complexity index is 667. The molecule has 112 valence electrons. The predicted molar refractivity (Wildman–Crippen MR) is 82.3 cm³/mol. The van der Waals surface area contributed by atoms with Gasteiger partial charge in [0.1, 0.15) is 5.75 Å². The number of aromatic nitrogens is 2. The highest BCUT2D eigenvalue weighted by Crippen LogP contribution is 2.23. The van der Waals surface area contributed by atoms with E-state index in [1.165, 1.54) is 4.88 Å². The van der Waals surface area contributed by atoms with Crippen LogP contribution in [0.5, 0.6) is 5.75 Å². The molecule has 0 aliphatic rings. The highest BCUT2D eigenvalue weighted by atomic mass is 32.1. The lowest BCUT2D eigenvalue weighted by molar-refractivity contribution is 0.313. The number of ether oxygens (including phenoxy) is 1. The van der Waals surface area contributed by atoms with Crippen molar-refractivity contribution in [2.45, 2.75) is 27.2 Å². The van der Waals surface area contributed by atoms with Gasteiger partial charge in [-0.15, -0.1) is 11.3 Å². The van der Waals surface area contributed by atoms with Gasteiger partial charge in [0.05, 0.1) is 29.1 Å². The van der Waals surface area contributed by atoms with Crippen molar-refractivity contribution in [3.63, 3.8) is 0 Å². The molecule has 0 fully saturated rings. The number of aryl methyl sites for hydroxylation is 3. The third kappa shape index (κ3) is 3.49. The number of thiazole rings is 1. The second kappa shape index (κ2) is 6.53. The topological polar surface area (TPSA) is 93.6 Å². The summed E-state index contributed by atoms with van der Waals surface area (Å²) in [6.07, 6.45) is 0.770. The number of nitrogens with two attached hydrogens (primary N) is 1. The zero-order valence-electron chi connectivity index (χ0n) is 12.3. The zero-order chi connectivity index (χ0) is 15.4. The molecule has 2 aromatic heterocycles. The molecular weight excluding hydrogens is 288 g/mol. The first-order valence-electron chi connectivity index (χ1n) is 6.50. The number of oxime groups is 1. The van der Waals surface area contributed by atoms with Gasteiger partial charge in [-0.25, -0.2) is 4.98 Å². The van der Waals surface area contributed by atoms with Gasteiger partial charge in [0.25, 0.3) is 0 Å². The van der Waals surface area contributed by atoms with Gasteiger partial charge in [-0.3, -0.25) is 4.98 Å². The molecule has 0 atom stereocenters. The first-order chi connectivity index (χ1) is 10.0. The minimum atomic E-state index is 0.00368. The second-order valence-electron chi connectivity index (χ2n) is 4.67. The predicted octanol–water partition coefficient (Wildman–Crippen LogP) is 2.18. The summed E-state index contributed by atoms with van der Waals surface area (Å²) in [5, 5.41) is 11.9. The number of nitrogens with zero attached hydrogens (tertiary/aromatic N) is 3. The zero-order valence-corrected chi connectivity index (χ0v) is 13.1. The van der Waals surface area contributed by atoms with E-state index in [2.05, 4.69) is 15.1 Å². The summed E-state index contributed by atoms with van der Waals surface area (Å²) >= 11 is 1.61. The van der Waals surface area contributed by atoms with Crippen LogP contribution < -0.4 is 10.5 Å². The molecule has 0 saturated heterocycles. The van der Waals surface area contributed by atoms with E-state index in [1.54, 1.807) is 24.3 Å². The molecule has 21 heavy (non-hydrogen) atoms. The van der Waals surface area contributed by atoms with Crippen LogP contribution in [0.1, 0.15) is 27.5 Å². The summed E-state index contributed by atoms with van der Waals surface area (Å²) < 4.78 is 5.82. The fourth-order valence-corrected chi connectivity index (χ4v) is 2.85. The maximum absolute atomic E-state index is 8.89. The standard InChI is InChI=1S/C14H18N4O2S/c1-8-6-11(13(10(3)17-8)14(15)18-19)20-5-4-12-9(2)16-7-21-12/h6-7,19H,4-5H2,1-3H3,(H2,15,18). The van der Waals surface area contributed by atoms with Gasteiger partial charge in [0, 0.05) is 23.1 Å². The smallest absolute Gasteiger partial charge is 0.175 e. The van der Waals surface area contributed by atoms with Crippen LogP contribution in [0.15, 0.2) is 16.7 Å². The van der Waals surface area contributed by atoms with Crippen LogP contribution in [0.2, 0.25) is 0 Å². The van der Waals surface area contributed by atoms with Crippen molar-refractivity contribution >= 4 is 17.2 Å². The molecule has 2 rings (SSSR count). The Balaban J connectivity index is 2.17. The van der Waals surface area contributed by atoms with Crippen molar-refractivity contribution in [3.05, 3.63) is 39.1 Å². The molecule has 0 aromatic carbocycles. The lowest BCUT2D eigenvalue weighted by Gasteiger charge is -2.13. The summed E-state index contributed by atoms with van der Waals surface area (Å²) in [4.78, 5) is 9.72. The minimum absolute atomic E-state index is 0.00368. The maximum atomic E-state index is 8.89. The molecule has 0 bridgehead atoms. The molecule has 0 amide bonds. The van der Waals surface area contributed by atoms with Crippen LogP contribution in [-0.2, 0) is 6.42 Å². The minimum Gasteiger partial charge on any atom is -0.492 e. The summed E-state index contributed by atoms with van der Waals surface area (Å²) in [6, 6.07) is 1.79. The van der Waals surface area contributed by atoms with Crippen LogP contribution in [0.3, 0.4) is 0 Å². The highest BCUT2D eigenvalue weighted by Gasteiger charge is 2.14. The molecule has 3 N–H and O–H groups in total. The summed E-state index contributed by atoms with van der Waals surface area (Å²) in [7, 11) is 0. The van der Waals surface area contributed by atoms with E-state index >= 15 is 0 Å². The van der Waals surface area contributed by atoms with Crippen LogP contribution >= 0.6 is 11.3 Å². The van der Waals surface area contributed by atoms with Crippen LogP contribution in [-0.4, -0.2) is 27.6 Å². The van der Waals surface area contributed by atoms with Crippen molar-refractivity contribution < 1.29 is 9.94 Å². The van der Waals surface area contributed by atoms with Gasteiger partial charge < -0.3 is 15.7 Å². The second-order valence-corrected chi connectivity index (χ2v) is 5.61. The fraction of sp³-hybridized carbons (Fsp3) is 0.357. The fourth-order valence-electron chi connectivity index (χ4n) is 2.09. The Hall–Kier alpha value is -2.15. The maximum Gasteiger partial charge on any atom is 0.175 e. The molecule has 2 heterocycles. The van der Waals surface area contributed by atoms with Gasteiger partial charge in [-0.1, -0.05) is 5.16 Å². The van der Waals surface area contributed by atoms with Crippen LogP contribution in [0.4, 0.5) is 0 Å². The number of rotatable bonds is 5. The highest BCUT2D eigenvalue weighted by molar-refractivity contribution is 7.09. The summed E-state index contributed by atoms with van der Waals surface area (Å²) in [5.74, 6) is 0.585. The van der Waals surface area contributed by atoms with E-state index in [0.717, 1.165) is 17.8 Å². The van der Waals surface area contributed by atoms with E-state index in [9.17, 15) is 0 Å². The third-order valence-electron chi connectivity index (χ3n) is 3.09. The van der Waals surface area contributed by atoms with Gasteiger partial charge in [-0.05, 0) is 20.8 Å². The number of pyridine rings is 1. The quantitative estimate of drug-likeness (QED) is 0.382. The first kappa shape index (κ1) is 15.2. The third-order valence-corrected chi connectivity index (χ3v) is 4.08. The summed E-state index contributed by atoms with van der Waals surface area (Å²) in [6.45, 7) is 6.16. The molecule has 0 aliphatic carbocycles. The molecule has 0 saturated carbocycles. The first-order valence-corrected chi connectivity index (χ1v) is 7.38. The molecule has 7 heteroatoms. The van der Waals surface area contributed by atoms with E-state index in [4.69, 9.17) is 15.7 Å². The average Bonchev–Trinajstić information content (AvgIpc) is 2.83. The van der Waals surface area contributed by atoms with Crippen LogP contribution in [0.25, 0.3) is 0 Å². The van der Waals surface area contributed by atoms with Gasteiger partial charge in [0.15, 0.2) is 5.84 Å². The molecule has 2 aromatic rings. The molecule has 0 aliphatic heterocycles. The van der Waals surface area contributed by atoms with E-state index in [1.807, 2.05) is 19.4 Å².